The monoisotopic (exact) mass is 310 g/mol. The van der Waals surface area contributed by atoms with E-state index in [1.807, 2.05) is 12.3 Å². The summed E-state index contributed by atoms with van der Waals surface area (Å²) in [5.41, 5.74) is 0.815. The van der Waals surface area contributed by atoms with Crippen molar-refractivity contribution in [3.63, 3.8) is 0 Å². The molecule has 0 aliphatic heterocycles. The number of carbonyl (C=O) groups is 1. The maximum atomic E-state index is 12.3. The second-order valence-corrected chi connectivity index (χ2v) is 6.41. The highest BCUT2D eigenvalue weighted by atomic mass is 79.9. The van der Waals surface area contributed by atoms with Gasteiger partial charge in [-0.1, -0.05) is 19.3 Å². The first kappa shape index (κ1) is 12.3. The molecule has 0 unspecified atom stereocenters. The van der Waals surface area contributed by atoms with Crippen LogP contribution >= 0.6 is 15.9 Å². The molecule has 0 spiro atoms. The molecule has 3 rings (SSSR count). The highest BCUT2D eigenvalue weighted by molar-refractivity contribution is 9.10. The fraction of sp³-hybridized carbons (Fsp3) is 0.643. The van der Waals surface area contributed by atoms with Gasteiger partial charge in [0.25, 0.3) is 5.91 Å². The Morgan fingerprint density at radius 1 is 1.22 bits per heavy atom. The van der Waals surface area contributed by atoms with E-state index >= 15 is 0 Å². The second-order valence-electron chi connectivity index (χ2n) is 5.49. The second kappa shape index (κ2) is 5.08. The minimum absolute atomic E-state index is 0.0968. The third-order valence-electron chi connectivity index (χ3n) is 3.93. The first-order chi connectivity index (χ1) is 8.74. The van der Waals surface area contributed by atoms with E-state index in [2.05, 4.69) is 25.8 Å². The molecule has 98 valence electrons. The lowest BCUT2D eigenvalue weighted by atomic mass is 9.95. The van der Waals surface area contributed by atoms with Crippen LogP contribution in [0.3, 0.4) is 0 Å². The zero-order valence-corrected chi connectivity index (χ0v) is 12.1. The Bertz CT molecular complexity index is 445. The Morgan fingerprint density at radius 3 is 2.61 bits per heavy atom. The Labute approximate surface area is 116 Å². The lowest BCUT2D eigenvalue weighted by molar-refractivity contribution is 0.0918. The first-order valence-corrected chi connectivity index (χ1v) is 7.71. The zero-order chi connectivity index (χ0) is 12.5. The van der Waals surface area contributed by atoms with E-state index in [1.165, 1.54) is 32.1 Å². The molecule has 2 fully saturated rings. The van der Waals surface area contributed by atoms with Crippen LogP contribution in [-0.4, -0.2) is 16.5 Å². The van der Waals surface area contributed by atoms with E-state index in [0.29, 0.717) is 12.1 Å². The third-order valence-corrected chi connectivity index (χ3v) is 4.36. The van der Waals surface area contributed by atoms with Crippen molar-refractivity contribution in [3.8, 4) is 0 Å². The van der Waals surface area contributed by atoms with Gasteiger partial charge in [0.1, 0.15) is 5.69 Å². The molecule has 3 nitrogen and oxygen atoms in total. The quantitative estimate of drug-likeness (QED) is 0.908. The van der Waals surface area contributed by atoms with Crippen LogP contribution in [0.1, 0.15) is 61.5 Å². The van der Waals surface area contributed by atoms with Crippen LogP contribution in [0.2, 0.25) is 0 Å². The summed E-state index contributed by atoms with van der Waals surface area (Å²) in [7, 11) is 0. The predicted molar refractivity (Wildman–Crippen MR) is 74.7 cm³/mol. The number of amides is 1. The normalized spacial score (nSPS) is 20.9. The molecule has 2 aliphatic rings. The SMILES string of the molecule is O=C(NC1CCCCC1)c1cc(Br)cn1C1CC1. The predicted octanol–water partition coefficient (Wildman–Crippen LogP) is 3.65. The molecule has 18 heavy (non-hydrogen) atoms. The van der Waals surface area contributed by atoms with Crippen molar-refractivity contribution >= 4 is 21.8 Å². The summed E-state index contributed by atoms with van der Waals surface area (Å²) < 4.78 is 3.13. The largest absolute Gasteiger partial charge is 0.348 e. The number of nitrogens with zero attached hydrogens (tertiary/aromatic N) is 1. The summed E-state index contributed by atoms with van der Waals surface area (Å²) in [4.78, 5) is 12.3. The molecular formula is C14H19BrN2O. The Morgan fingerprint density at radius 2 is 1.94 bits per heavy atom. The van der Waals surface area contributed by atoms with Crippen molar-refractivity contribution in [3.05, 3.63) is 22.4 Å². The zero-order valence-electron chi connectivity index (χ0n) is 10.5. The summed E-state index contributed by atoms with van der Waals surface area (Å²) in [5, 5.41) is 3.19. The van der Waals surface area contributed by atoms with E-state index in [1.54, 1.807) is 0 Å². The maximum absolute atomic E-state index is 12.3. The number of hydrogen-bond acceptors (Lipinski definition) is 1. The van der Waals surface area contributed by atoms with Crippen LogP contribution < -0.4 is 5.32 Å². The molecule has 1 heterocycles. The van der Waals surface area contributed by atoms with Crippen molar-refractivity contribution in [2.75, 3.05) is 0 Å². The van der Waals surface area contributed by atoms with Crippen LogP contribution in [0.15, 0.2) is 16.7 Å². The van der Waals surface area contributed by atoms with Gasteiger partial charge in [-0.15, -0.1) is 0 Å². The van der Waals surface area contributed by atoms with E-state index in [0.717, 1.165) is 23.0 Å². The van der Waals surface area contributed by atoms with Gasteiger partial charge in [0.15, 0.2) is 0 Å². The van der Waals surface area contributed by atoms with E-state index < -0.39 is 0 Å². The average Bonchev–Trinajstić information content (AvgIpc) is 3.13. The van der Waals surface area contributed by atoms with Crippen molar-refractivity contribution in [1.82, 2.24) is 9.88 Å². The molecule has 0 aromatic carbocycles. The van der Waals surface area contributed by atoms with Crippen molar-refractivity contribution in [1.29, 1.82) is 0 Å². The number of nitrogens with one attached hydrogen (secondary N) is 1. The summed E-state index contributed by atoms with van der Waals surface area (Å²) in [6.45, 7) is 0. The lowest BCUT2D eigenvalue weighted by Crippen LogP contribution is -2.37. The van der Waals surface area contributed by atoms with Gasteiger partial charge in [-0.3, -0.25) is 4.79 Å². The molecule has 0 bridgehead atoms. The molecule has 0 saturated heterocycles. The summed E-state index contributed by atoms with van der Waals surface area (Å²) in [5.74, 6) is 0.0968. The molecule has 1 N–H and O–H groups in total. The number of carbonyl (C=O) groups excluding carboxylic acids is 1. The van der Waals surface area contributed by atoms with Gasteiger partial charge >= 0.3 is 0 Å². The van der Waals surface area contributed by atoms with Crippen molar-refractivity contribution in [2.24, 2.45) is 0 Å². The van der Waals surface area contributed by atoms with Gasteiger partial charge in [-0.2, -0.15) is 0 Å². The molecule has 2 saturated carbocycles. The lowest BCUT2D eigenvalue weighted by Gasteiger charge is -2.23. The van der Waals surface area contributed by atoms with Gasteiger partial charge in [-0.05, 0) is 47.7 Å². The van der Waals surface area contributed by atoms with Gasteiger partial charge < -0.3 is 9.88 Å². The molecule has 1 aromatic heterocycles. The highest BCUT2D eigenvalue weighted by Gasteiger charge is 2.28. The molecular weight excluding hydrogens is 292 g/mol. The summed E-state index contributed by atoms with van der Waals surface area (Å²) in [6, 6.07) is 2.87. The summed E-state index contributed by atoms with van der Waals surface area (Å²) in [6.07, 6.45) is 10.5. The topological polar surface area (TPSA) is 34.0 Å². The molecule has 0 atom stereocenters. The molecule has 4 heteroatoms. The van der Waals surface area contributed by atoms with E-state index in [-0.39, 0.29) is 5.91 Å². The van der Waals surface area contributed by atoms with Gasteiger partial charge in [-0.25, -0.2) is 0 Å². The molecule has 1 aromatic rings. The van der Waals surface area contributed by atoms with E-state index in [4.69, 9.17) is 0 Å². The number of aromatic nitrogens is 1. The minimum atomic E-state index is 0.0968. The van der Waals surface area contributed by atoms with Gasteiger partial charge in [0, 0.05) is 22.8 Å². The molecule has 0 radical (unpaired) electrons. The van der Waals surface area contributed by atoms with Crippen LogP contribution in [0, 0.1) is 0 Å². The van der Waals surface area contributed by atoms with Crippen LogP contribution in [-0.2, 0) is 0 Å². The first-order valence-electron chi connectivity index (χ1n) is 6.92. The minimum Gasteiger partial charge on any atom is -0.348 e. The summed E-state index contributed by atoms with van der Waals surface area (Å²) >= 11 is 3.47. The Balaban J connectivity index is 1.71. The standard InChI is InChI=1S/C14H19BrN2O/c15-10-8-13(17(9-10)12-6-7-12)14(18)16-11-4-2-1-3-5-11/h8-9,11-12H,1-7H2,(H,16,18). The highest BCUT2D eigenvalue weighted by Crippen LogP contribution is 2.37. The van der Waals surface area contributed by atoms with Crippen molar-refractivity contribution in [2.45, 2.75) is 57.0 Å². The van der Waals surface area contributed by atoms with Gasteiger partial charge in [0.2, 0.25) is 0 Å². The maximum Gasteiger partial charge on any atom is 0.268 e. The van der Waals surface area contributed by atoms with Crippen LogP contribution in [0.5, 0.6) is 0 Å². The molecule has 1 amide bonds. The van der Waals surface area contributed by atoms with E-state index in [9.17, 15) is 4.79 Å². The fourth-order valence-corrected chi connectivity index (χ4v) is 3.23. The van der Waals surface area contributed by atoms with Crippen LogP contribution in [0.25, 0.3) is 0 Å². The van der Waals surface area contributed by atoms with Crippen LogP contribution in [0.4, 0.5) is 0 Å². The fourth-order valence-electron chi connectivity index (χ4n) is 2.79. The Hall–Kier alpha value is -0.770. The van der Waals surface area contributed by atoms with Crippen molar-refractivity contribution < 1.29 is 4.79 Å². The Kier molecular flexibility index (Phi) is 3.46. The third kappa shape index (κ3) is 2.63. The van der Waals surface area contributed by atoms with Gasteiger partial charge in [0.05, 0.1) is 0 Å². The number of halogens is 1. The smallest absolute Gasteiger partial charge is 0.268 e. The number of hydrogen-bond donors (Lipinski definition) is 1. The number of rotatable bonds is 3. The molecule has 2 aliphatic carbocycles. The average molecular weight is 311 g/mol.